The van der Waals surface area contributed by atoms with E-state index < -0.39 is 10.0 Å². The zero-order valence-corrected chi connectivity index (χ0v) is 12.1. The van der Waals surface area contributed by atoms with Gasteiger partial charge < -0.3 is 5.11 Å². The minimum absolute atomic E-state index is 0.0122. The average Bonchev–Trinajstić information content (AvgIpc) is 2.95. The molecule has 0 spiro atoms. The van der Waals surface area contributed by atoms with Crippen LogP contribution in [0, 0.1) is 0 Å². The third-order valence-electron chi connectivity index (χ3n) is 3.85. The van der Waals surface area contributed by atoms with Gasteiger partial charge in [0, 0.05) is 31.4 Å². The van der Waals surface area contributed by atoms with Crippen molar-refractivity contribution in [3.05, 3.63) is 12.4 Å². The fraction of sp³-hybridized carbons (Fsp3) is 0.750. The molecule has 1 saturated carbocycles. The highest BCUT2D eigenvalue weighted by Crippen LogP contribution is 2.30. The number of aromatic nitrogens is 2. The Morgan fingerprint density at radius 2 is 2.20 bits per heavy atom. The van der Waals surface area contributed by atoms with Crippen molar-refractivity contribution >= 4 is 10.0 Å². The molecule has 0 bridgehead atoms. The fourth-order valence-corrected chi connectivity index (χ4v) is 3.86. The van der Waals surface area contributed by atoms with E-state index in [1.54, 1.807) is 0 Å². The molecule has 112 valence electrons. The Morgan fingerprint density at radius 3 is 2.90 bits per heavy atom. The number of sulfonamides is 1. The third-order valence-corrected chi connectivity index (χ3v) is 5.33. The molecule has 8 heteroatoms. The van der Waals surface area contributed by atoms with Crippen molar-refractivity contribution < 1.29 is 13.5 Å². The predicted octanol–water partition coefficient (Wildman–Crippen LogP) is -0.610. The Morgan fingerprint density at radius 1 is 1.40 bits per heavy atom. The first kappa shape index (κ1) is 14.0. The molecule has 2 heterocycles. The van der Waals surface area contributed by atoms with Gasteiger partial charge in [-0.2, -0.15) is 5.10 Å². The molecule has 2 aliphatic rings. The van der Waals surface area contributed by atoms with Crippen molar-refractivity contribution in [1.29, 1.82) is 0 Å². The Kier molecular flexibility index (Phi) is 3.80. The molecule has 1 aromatic heterocycles. The van der Waals surface area contributed by atoms with Gasteiger partial charge in [-0.05, 0) is 19.3 Å². The van der Waals surface area contributed by atoms with E-state index in [0.717, 1.165) is 19.5 Å². The second-order valence-electron chi connectivity index (χ2n) is 5.50. The number of aliphatic hydroxyl groups is 1. The zero-order valence-electron chi connectivity index (χ0n) is 11.3. The van der Waals surface area contributed by atoms with E-state index in [0.29, 0.717) is 12.6 Å². The minimum atomic E-state index is -3.51. The Balaban J connectivity index is 1.62. The summed E-state index contributed by atoms with van der Waals surface area (Å²) in [7, 11) is -3.51. The van der Waals surface area contributed by atoms with Crippen LogP contribution in [-0.4, -0.2) is 60.0 Å². The molecule has 2 fully saturated rings. The molecule has 1 saturated heterocycles. The molecule has 0 radical (unpaired) electrons. The lowest BCUT2D eigenvalue weighted by Crippen LogP contribution is -2.37. The first-order valence-corrected chi connectivity index (χ1v) is 8.46. The van der Waals surface area contributed by atoms with Gasteiger partial charge >= 0.3 is 0 Å². The second kappa shape index (κ2) is 5.44. The smallest absolute Gasteiger partial charge is 0.243 e. The molecule has 1 aliphatic carbocycles. The van der Waals surface area contributed by atoms with Crippen molar-refractivity contribution in [2.24, 2.45) is 0 Å². The molecule has 0 aromatic carbocycles. The Labute approximate surface area is 118 Å². The molecule has 20 heavy (non-hydrogen) atoms. The van der Waals surface area contributed by atoms with Crippen LogP contribution in [0.1, 0.15) is 19.3 Å². The summed E-state index contributed by atoms with van der Waals surface area (Å²) in [5.74, 6) is 0. The lowest BCUT2D eigenvalue weighted by Gasteiger charge is -2.15. The number of nitrogens with one attached hydrogen (secondary N) is 1. The number of nitrogens with zero attached hydrogens (tertiary/aromatic N) is 3. The van der Waals surface area contributed by atoms with Crippen LogP contribution < -0.4 is 4.72 Å². The SMILES string of the molecule is O=S(=O)(NC1CCN(C2CC2)C1)c1cnn(CCO)c1. The second-order valence-corrected chi connectivity index (χ2v) is 7.21. The van der Waals surface area contributed by atoms with Gasteiger partial charge in [0.25, 0.3) is 0 Å². The molecule has 1 aliphatic heterocycles. The average molecular weight is 300 g/mol. The fourth-order valence-electron chi connectivity index (χ4n) is 2.65. The van der Waals surface area contributed by atoms with Gasteiger partial charge in [0.2, 0.25) is 10.0 Å². The summed E-state index contributed by atoms with van der Waals surface area (Å²) in [6.45, 7) is 2.01. The van der Waals surface area contributed by atoms with E-state index in [2.05, 4.69) is 14.7 Å². The molecular weight excluding hydrogens is 280 g/mol. The van der Waals surface area contributed by atoms with Crippen LogP contribution in [0.5, 0.6) is 0 Å². The molecule has 7 nitrogen and oxygen atoms in total. The molecule has 3 rings (SSSR count). The van der Waals surface area contributed by atoms with E-state index in [1.165, 1.54) is 29.9 Å². The molecule has 1 atom stereocenters. The number of hydrogen-bond donors (Lipinski definition) is 2. The van der Waals surface area contributed by atoms with E-state index >= 15 is 0 Å². The van der Waals surface area contributed by atoms with Crippen LogP contribution in [0.4, 0.5) is 0 Å². The van der Waals surface area contributed by atoms with Gasteiger partial charge in [-0.1, -0.05) is 0 Å². The van der Waals surface area contributed by atoms with Crippen molar-refractivity contribution in [1.82, 2.24) is 19.4 Å². The van der Waals surface area contributed by atoms with Gasteiger partial charge in [-0.3, -0.25) is 9.58 Å². The topological polar surface area (TPSA) is 87.5 Å². The van der Waals surface area contributed by atoms with Crippen LogP contribution in [0.2, 0.25) is 0 Å². The maximum Gasteiger partial charge on any atom is 0.243 e. The molecule has 2 N–H and O–H groups in total. The molecule has 0 amide bonds. The zero-order chi connectivity index (χ0) is 14.2. The largest absolute Gasteiger partial charge is 0.394 e. The van der Waals surface area contributed by atoms with Gasteiger partial charge in [-0.15, -0.1) is 0 Å². The quantitative estimate of drug-likeness (QED) is 0.732. The summed E-state index contributed by atoms with van der Waals surface area (Å²) in [5.41, 5.74) is 0. The summed E-state index contributed by atoms with van der Waals surface area (Å²) in [5, 5.41) is 12.7. The van der Waals surface area contributed by atoms with Crippen LogP contribution in [0.25, 0.3) is 0 Å². The van der Waals surface area contributed by atoms with E-state index in [4.69, 9.17) is 5.11 Å². The lowest BCUT2D eigenvalue weighted by molar-refractivity contribution is 0.269. The number of hydrogen-bond acceptors (Lipinski definition) is 5. The highest BCUT2D eigenvalue weighted by molar-refractivity contribution is 7.89. The Hall–Kier alpha value is -0.960. The van der Waals surface area contributed by atoms with Gasteiger partial charge in [0.15, 0.2) is 0 Å². The maximum atomic E-state index is 12.3. The number of likely N-dealkylation sites (tertiary alicyclic amines) is 1. The summed E-state index contributed by atoms with van der Waals surface area (Å²) >= 11 is 0. The molecule has 1 unspecified atom stereocenters. The van der Waals surface area contributed by atoms with E-state index in [-0.39, 0.29) is 17.5 Å². The summed E-state index contributed by atoms with van der Waals surface area (Å²) in [6.07, 6.45) is 6.12. The first-order valence-electron chi connectivity index (χ1n) is 6.98. The lowest BCUT2D eigenvalue weighted by atomic mass is 10.3. The maximum absolute atomic E-state index is 12.3. The number of aliphatic hydroxyl groups excluding tert-OH is 1. The molecular formula is C12H20N4O3S. The first-order chi connectivity index (χ1) is 9.58. The highest BCUT2D eigenvalue weighted by Gasteiger charge is 2.35. The van der Waals surface area contributed by atoms with E-state index in [1.807, 2.05) is 0 Å². The monoisotopic (exact) mass is 300 g/mol. The standard InChI is InChI=1S/C12H20N4O3S/c17-6-5-16-9-12(7-13-16)20(18,19)14-10-3-4-15(8-10)11-1-2-11/h7,9-11,14,17H,1-6,8H2. The van der Waals surface area contributed by atoms with E-state index in [9.17, 15) is 8.42 Å². The summed E-state index contributed by atoms with van der Waals surface area (Å²) < 4.78 is 28.7. The van der Waals surface area contributed by atoms with Crippen molar-refractivity contribution in [2.75, 3.05) is 19.7 Å². The van der Waals surface area contributed by atoms with Crippen LogP contribution in [0.15, 0.2) is 17.3 Å². The Bertz CT molecular complexity index is 567. The van der Waals surface area contributed by atoms with Crippen molar-refractivity contribution in [3.8, 4) is 0 Å². The summed E-state index contributed by atoms with van der Waals surface area (Å²) in [4.78, 5) is 2.53. The highest BCUT2D eigenvalue weighted by atomic mass is 32.2. The van der Waals surface area contributed by atoms with Crippen LogP contribution >= 0.6 is 0 Å². The number of rotatable bonds is 6. The van der Waals surface area contributed by atoms with Crippen LogP contribution in [-0.2, 0) is 16.6 Å². The normalized spacial score (nSPS) is 24.4. The minimum Gasteiger partial charge on any atom is -0.394 e. The third kappa shape index (κ3) is 3.03. The predicted molar refractivity (Wildman–Crippen MR) is 72.6 cm³/mol. The van der Waals surface area contributed by atoms with Crippen LogP contribution in [0.3, 0.4) is 0 Å². The van der Waals surface area contributed by atoms with Crippen molar-refractivity contribution in [3.63, 3.8) is 0 Å². The van der Waals surface area contributed by atoms with Crippen molar-refractivity contribution in [2.45, 2.75) is 42.8 Å². The van der Waals surface area contributed by atoms with Gasteiger partial charge in [0.1, 0.15) is 4.90 Å². The molecule has 1 aromatic rings. The van der Waals surface area contributed by atoms with Gasteiger partial charge in [-0.25, -0.2) is 13.1 Å². The summed E-state index contributed by atoms with van der Waals surface area (Å²) in [6, 6.07) is 0.665. The van der Waals surface area contributed by atoms with Gasteiger partial charge in [0.05, 0.1) is 19.3 Å².